The largest absolute Gasteiger partial charge is 0.471 e. The van der Waals surface area contributed by atoms with E-state index in [2.05, 4.69) is 0 Å². The number of carbonyl (C=O) groups excluding carboxylic acids is 2. The van der Waals surface area contributed by atoms with Gasteiger partial charge in [-0.05, 0) is 24.8 Å². The van der Waals surface area contributed by atoms with Gasteiger partial charge >= 0.3 is 18.1 Å². The summed E-state index contributed by atoms with van der Waals surface area (Å²) in [4.78, 5) is 26.4. The second kappa shape index (κ2) is 7.88. The fraction of sp³-hybridized carbons (Fsp3) is 0.579. The number of halogens is 3. The molecule has 27 heavy (non-hydrogen) atoms. The summed E-state index contributed by atoms with van der Waals surface area (Å²) in [6.07, 6.45) is -3.32. The number of ether oxygens (including phenoxy) is 1. The first-order valence-corrected chi connectivity index (χ1v) is 9.04. The Morgan fingerprint density at radius 3 is 2.37 bits per heavy atom. The highest BCUT2D eigenvalue weighted by Crippen LogP contribution is 2.45. The van der Waals surface area contributed by atoms with Crippen LogP contribution in [-0.4, -0.2) is 60.8 Å². The van der Waals surface area contributed by atoms with Crippen LogP contribution < -0.4 is 0 Å². The number of methoxy groups -OCH3 is 1. The van der Waals surface area contributed by atoms with Gasteiger partial charge in [0.1, 0.15) is 0 Å². The summed E-state index contributed by atoms with van der Waals surface area (Å²) in [5.41, 5.74) is 0.951. The Hall–Kier alpha value is -2.09. The quantitative estimate of drug-likeness (QED) is 0.733. The van der Waals surface area contributed by atoms with Crippen molar-refractivity contribution in [2.24, 2.45) is 5.92 Å². The van der Waals surface area contributed by atoms with Gasteiger partial charge in [0.05, 0.1) is 19.7 Å². The number of likely N-dealkylation sites (tertiary alicyclic amines) is 1. The van der Waals surface area contributed by atoms with Crippen LogP contribution in [-0.2, 0) is 14.3 Å². The Bertz CT molecular complexity index is 673. The molecule has 8 heteroatoms. The molecule has 0 radical (unpaired) electrons. The van der Waals surface area contributed by atoms with E-state index in [1.54, 1.807) is 0 Å². The fourth-order valence-electron chi connectivity index (χ4n) is 3.76. The summed E-state index contributed by atoms with van der Waals surface area (Å²) in [7, 11) is 1.33. The molecule has 1 saturated carbocycles. The summed E-state index contributed by atoms with van der Waals surface area (Å²) in [6.45, 7) is 0.856. The van der Waals surface area contributed by atoms with Crippen LogP contribution in [0.5, 0.6) is 0 Å². The normalized spacial score (nSPS) is 23.7. The molecule has 5 nitrogen and oxygen atoms in total. The minimum absolute atomic E-state index is 0.0647. The van der Waals surface area contributed by atoms with E-state index in [9.17, 15) is 22.8 Å². The summed E-state index contributed by atoms with van der Waals surface area (Å²) < 4.78 is 44.1. The Morgan fingerprint density at radius 1 is 1.19 bits per heavy atom. The van der Waals surface area contributed by atoms with Crippen LogP contribution in [0.3, 0.4) is 0 Å². The van der Waals surface area contributed by atoms with Crippen LogP contribution >= 0.6 is 0 Å². The fourth-order valence-corrected chi connectivity index (χ4v) is 3.76. The van der Waals surface area contributed by atoms with E-state index in [0.29, 0.717) is 32.4 Å². The number of alkyl halides is 3. The highest BCUT2D eigenvalue weighted by Gasteiger charge is 2.52. The summed E-state index contributed by atoms with van der Waals surface area (Å²) in [6, 6.07) is 8.85. The van der Waals surface area contributed by atoms with E-state index in [4.69, 9.17) is 4.74 Å². The molecule has 3 rings (SSSR count). The highest BCUT2D eigenvalue weighted by atomic mass is 19.4. The zero-order valence-electron chi connectivity index (χ0n) is 15.1. The Balaban J connectivity index is 1.66. The van der Waals surface area contributed by atoms with Crippen molar-refractivity contribution >= 4 is 11.9 Å². The van der Waals surface area contributed by atoms with Crippen LogP contribution in [0.2, 0.25) is 0 Å². The molecule has 1 aromatic carbocycles. The SMILES string of the molecule is COC(=O)C1CCN(CN(C(=O)C(F)(F)F)[C@H]2C[C@@H]2c2ccccc2)CC1. The third-order valence-electron chi connectivity index (χ3n) is 5.36. The molecule has 0 N–H and O–H groups in total. The number of esters is 1. The van der Waals surface area contributed by atoms with Crippen LogP contribution in [0.15, 0.2) is 30.3 Å². The van der Waals surface area contributed by atoms with Crippen molar-refractivity contribution in [3.63, 3.8) is 0 Å². The molecule has 1 saturated heterocycles. The first-order valence-electron chi connectivity index (χ1n) is 9.04. The lowest BCUT2D eigenvalue weighted by molar-refractivity contribution is -0.188. The van der Waals surface area contributed by atoms with E-state index in [0.717, 1.165) is 10.5 Å². The highest BCUT2D eigenvalue weighted by molar-refractivity contribution is 5.82. The topological polar surface area (TPSA) is 49.9 Å². The van der Waals surface area contributed by atoms with Gasteiger partial charge in [-0.25, -0.2) is 0 Å². The van der Waals surface area contributed by atoms with Crippen LogP contribution in [0.25, 0.3) is 0 Å². The number of hydrogen-bond donors (Lipinski definition) is 0. The number of nitrogens with zero attached hydrogens (tertiary/aromatic N) is 2. The predicted molar refractivity (Wildman–Crippen MR) is 91.7 cm³/mol. The van der Waals surface area contributed by atoms with Crippen LogP contribution in [0.4, 0.5) is 13.2 Å². The molecule has 2 aliphatic rings. The molecule has 0 aromatic heterocycles. The third-order valence-corrected chi connectivity index (χ3v) is 5.36. The van der Waals surface area contributed by atoms with Crippen molar-refractivity contribution in [3.8, 4) is 0 Å². The van der Waals surface area contributed by atoms with Crippen molar-refractivity contribution in [2.45, 2.75) is 37.4 Å². The summed E-state index contributed by atoms with van der Waals surface area (Å²) in [5.74, 6) is -2.37. The molecule has 1 amide bonds. The number of piperidine rings is 1. The second-order valence-corrected chi connectivity index (χ2v) is 7.15. The van der Waals surface area contributed by atoms with E-state index in [-0.39, 0.29) is 24.5 Å². The van der Waals surface area contributed by atoms with Crippen LogP contribution in [0, 0.1) is 5.92 Å². The molecular weight excluding hydrogens is 361 g/mol. The predicted octanol–water partition coefficient (Wildman–Crippen LogP) is 2.78. The smallest absolute Gasteiger partial charge is 0.469 e. The zero-order valence-corrected chi connectivity index (χ0v) is 15.1. The van der Waals surface area contributed by atoms with E-state index in [1.165, 1.54) is 7.11 Å². The molecule has 148 valence electrons. The number of carbonyl (C=O) groups is 2. The molecule has 2 fully saturated rings. The number of rotatable bonds is 5. The van der Waals surface area contributed by atoms with Gasteiger partial charge in [0.2, 0.25) is 0 Å². The van der Waals surface area contributed by atoms with Gasteiger partial charge in [0, 0.05) is 25.0 Å². The lowest BCUT2D eigenvalue weighted by Crippen LogP contribution is -2.50. The Labute approximate surface area is 156 Å². The second-order valence-electron chi connectivity index (χ2n) is 7.15. The number of hydrogen-bond acceptors (Lipinski definition) is 4. The molecule has 1 aliphatic carbocycles. The number of amides is 1. The average Bonchev–Trinajstić information content (AvgIpc) is 3.46. The molecular formula is C19H23F3N2O3. The minimum Gasteiger partial charge on any atom is -0.469 e. The van der Waals surface area contributed by atoms with E-state index in [1.807, 2.05) is 35.2 Å². The van der Waals surface area contributed by atoms with Crippen molar-refractivity contribution in [1.29, 1.82) is 0 Å². The maximum absolute atomic E-state index is 13.1. The minimum atomic E-state index is -4.89. The number of benzene rings is 1. The molecule has 0 bridgehead atoms. The summed E-state index contributed by atoms with van der Waals surface area (Å²) in [5, 5.41) is 0. The Morgan fingerprint density at radius 2 is 1.81 bits per heavy atom. The van der Waals surface area contributed by atoms with Gasteiger partial charge in [-0.2, -0.15) is 13.2 Å². The third kappa shape index (κ3) is 4.61. The first kappa shape index (κ1) is 19.7. The van der Waals surface area contributed by atoms with Gasteiger partial charge in [-0.3, -0.25) is 14.5 Å². The van der Waals surface area contributed by atoms with Crippen molar-refractivity contribution in [1.82, 2.24) is 9.80 Å². The van der Waals surface area contributed by atoms with E-state index < -0.39 is 18.1 Å². The van der Waals surface area contributed by atoms with Crippen molar-refractivity contribution < 1.29 is 27.5 Å². The summed E-state index contributed by atoms with van der Waals surface area (Å²) >= 11 is 0. The molecule has 2 atom stereocenters. The first-order chi connectivity index (χ1) is 12.8. The molecule has 1 aliphatic heterocycles. The molecule has 0 unspecified atom stereocenters. The molecule has 1 heterocycles. The van der Waals surface area contributed by atoms with Gasteiger partial charge in [-0.15, -0.1) is 0 Å². The average molecular weight is 384 g/mol. The van der Waals surface area contributed by atoms with Crippen LogP contribution in [0.1, 0.15) is 30.7 Å². The molecule has 1 aromatic rings. The van der Waals surface area contributed by atoms with Crippen molar-refractivity contribution in [3.05, 3.63) is 35.9 Å². The van der Waals surface area contributed by atoms with E-state index >= 15 is 0 Å². The Kier molecular flexibility index (Phi) is 5.74. The van der Waals surface area contributed by atoms with Gasteiger partial charge in [0.25, 0.3) is 0 Å². The van der Waals surface area contributed by atoms with Gasteiger partial charge < -0.3 is 9.64 Å². The standard InChI is InChI=1S/C19H23F3N2O3/c1-27-17(25)14-7-9-23(10-8-14)12-24(18(26)19(20,21)22)16-11-15(16)13-5-3-2-4-6-13/h2-6,14-16H,7-12H2,1H3/t15-,16+/m1/s1. The zero-order chi connectivity index (χ0) is 19.6. The molecule has 0 spiro atoms. The van der Waals surface area contributed by atoms with Gasteiger partial charge in [0.15, 0.2) is 0 Å². The van der Waals surface area contributed by atoms with Gasteiger partial charge in [-0.1, -0.05) is 30.3 Å². The monoisotopic (exact) mass is 384 g/mol. The lowest BCUT2D eigenvalue weighted by atomic mass is 9.97. The van der Waals surface area contributed by atoms with Crippen molar-refractivity contribution in [2.75, 3.05) is 26.9 Å². The lowest BCUT2D eigenvalue weighted by Gasteiger charge is -2.35. The maximum atomic E-state index is 13.1. The maximum Gasteiger partial charge on any atom is 0.471 e.